The molecule has 1 aliphatic heterocycles. The zero-order valence-corrected chi connectivity index (χ0v) is 13.1. The third kappa shape index (κ3) is 5.38. The number of nitrogens with zero attached hydrogens (tertiary/aromatic N) is 2. The molecule has 1 aliphatic carbocycles. The lowest BCUT2D eigenvalue weighted by atomic mass is 10.2. The summed E-state index contributed by atoms with van der Waals surface area (Å²) < 4.78 is 28.0. The third-order valence-corrected chi connectivity index (χ3v) is 4.43. The highest BCUT2D eigenvalue weighted by atomic mass is 32.2. The molecule has 0 radical (unpaired) electrons. The van der Waals surface area contributed by atoms with E-state index in [-0.39, 0.29) is 12.0 Å². The summed E-state index contributed by atoms with van der Waals surface area (Å²) in [6.07, 6.45) is 3.70. The van der Waals surface area contributed by atoms with Gasteiger partial charge in [-0.25, -0.2) is 8.42 Å². The van der Waals surface area contributed by atoms with Crippen LogP contribution in [0.4, 0.5) is 0 Å². The van der Waals surface area contributed by atoms with Gasteiger partial charge >= 0.3 is 0 Å². The van der Waals surface area contributed by atoms with Gasteiger partial charge in [0, 0.05) is 32.4 Å². The maximum atomic E-state index is 11.9. The minimum atomic E-state index is -3.26. The Morgan fingerprint density at radius 3 is 2.65 bits per heavy atom. The minimum absolute atomic E-state index is 0.0176. The summed E-state index contributed by atoms with van der Waals surface area (Å²) in [5.74, 6) is 0.106. The number of hydrogen-bond donors (Lipinski definition) is 0. The second kappa shape index (κ2) is 6.41. The quantitative estimate of drug-likeness (QED) is 0.668. The molecule has 0 spiro atoms. The van der Waals surface area contributed by atoms with Gasteiger partial charge in [-0.15, -0.1) is 0 Å². The molecule has 0 N–H and O–H groups in total. The molecule has 0 bridgehead atoms. The van der Waals surface area contributed by atoms with Crippen LogP contribution >= 0.6 is 0 Å². The topological polar surface area (TPSA) is 66.9 Å². The number of sulfone groups is 1. The molecule has 1 atom stereocenters. The Bertz CT molecular complexity index is 447. The monoisotopic (exact) mass is 304 g/mol. The van der Waals surface area contributed by atoms with Crippen molar-refractivity contribution in [2.45, 2.75) is 18.9 Å². The van der Waals surface area contributed by atoms with Gasteiger partial charge in [-0.2, -0.15) is 0 Å². The van der Waals surface area contributed by atoms with Crippen LogP contribution < -0.4 is 0 Å². The first-order chi connectivity index (χ1) is 9.33. The largest absolute Gasteiger partial charge is 0.373 e. The molecule has 1 heterocycles. The van der Waals surface area contributed by atoms with Crippen molar-refractivity contribution in [3.63, 3.8) is 0 Å². The molecular formula is C13H24N2O4S. The number of morpholine rings is 1. The van der Waals surface area contributed by atoms with Crippen LogP contribution in [0.15, 0.2) is 0 Å². The van der Waals surface area contributed by atoms with Crippen LogP contribution in [-0.4, -0.2) is 82.1 Å². The van der Waals surface area contributed by atoms with E-state index in [4.69, 9.17) is 4.74 Å². The molecule has 116 valence electrons. The highest BCUT2D eigenvalue weighted by Crippen LogP contribution is 2.29. The van der Waals surface area contributed by atoms with E-state index in [2.05, 4.69) is 11.9 Å². The van der Waals surface area contributed by atoms with E-state index in [0.717, 1.165) is 25.3 Å². The molecule has 20 heavy (non-hydrogen) atoms. The zero-order chi connectivity index (χ0) is 14.8. The maximum absolute atomic E-state index is 11.9. The SMILES string of the molecule is CN(CC1CC1)C[C@H]1CN(C(=O)CS(C)(=O)=O)CCO1. The van der Waals surface area contributed by atoms with Crippen LogP contribution in [-0.2, 0) is 19.4 Å². The van der Waals surface area contributed by atoms with Crippen molar-refractivity contribution in [1.29, 1.82) is 0 Å². The highest BCUT2D eigenvalue weighted by Gasteiger charge is 2.28. The normalized spacial score (nSPS) is 24.1. The van der Waals surface area contributed by atoms with Gasteiger partial charge in [0.2, 0.25) is 5.91 Å². The summed E-state index contributed by atoms with van der Waals surface area (Å²) in [4.78, 5) is 15.8. The summed E-state index contributed by atoms with van der Waals surface area (Å²) in [6.45, 7) is 3.33. The number of ether oxygens (including phenoxy) is 1. The molecule has 2 aliphatic rings. The Kier molecular flexibility index (Phi) is 5.04. The van der Waals surface area contributed by atoms with Crippen molar-refractivity contribution in [3.8, 4) is 0 Å². The smallest absolute Gasteiger partial charge is 0.237 e. The molecule has 0 aromatic rings. The number of carbonyl (C=O) groups excluding carboxylic acids is 1. The van der Waals surface area contributed by atoms with Crippen molar-refractivity contribution in [3.05, 3.63) is 0 Å². The Balaban J connectivity index is 1.79. The van der Waals surface area contributed by atoms with Crippen molar-refractivity contribution >= 4 is 15.7 Å². The number of hydrogen-bond acceptors (Lipinski definition) is 5. The van der Waals surface area contributed by atoms with Gasteiger partial charge < -0.3 is 14.5 Å². The van der Waals surface area contributed by atoms with Gasteiger partial charge in [0.1, 0.15) is 5.75 Å². The van der Waals surface area contributed by atoms with Crippen LogP contribution in [0.3, 0.4) is 0 Å². The first-order valence-electron chi connectivity index (χ1n) is 7.09. The predicted molar refractivity (Wildman–Crippen MR) is 76.3 cm³/mol. The molecule has 0 unspecified atom stereocenters. The molecule has 2 rings (SSSR count). The zero-order valence-electron chi connectivity index (χ0n) is 12.2. The number of amides is 1. The summed E-state index contributed by atoms with van der Waals surface area (Å²) in [6, 6.07) is 0. The average molecular weight is 304 g/mol. The molecule has 7 heteroatoms. The van der Waals surface area contributed by atoms with Crippen molar-refractivity contribution in [2.75, 3.05) is 51.8 Å². The molecule has 6 nitrogen and oxygen atoms in total. The molecule has 0 aromatic carbocycles. The molecule has 1 saturated heterocycles. The third-order valence-electron chi connectivity index (χ3n) is 3.66. The lowest BCUT2D eigenvalue weighted by Crippen LogP contribution is -2.50. The lowest BCUT2D eigenvalue weighted by Gasteiger charge is -2.34. The standard InChI is InChI=1S/C13H24N2O4S/c1-14(7-11-3-4-11)8-12-9-15(5-6-19-12)13(16)10-20(2,17)18/h11-12H,3-10H2,1-2H3/t12-/m0/s1. The number of rotatable bonds is 6. The summed E-state index contributed by atoms with van der Waals surface area (Å²) in [7, 11) is -1.19. The fraction of sp³-hybridized carbons (Fsp3) is 0.923. The summed E-state index contributed by atoms with van der Waals surface area (Å²) in [5, 5.41) is 0. The van der Waals surface area contributed by atoms with Gasteiger partial charge in [-0.1, -0.05) is 0 Å². The predicted octanol–water partition coefficient (Wildman–Crippen LogP) is -0.400. The fourth-order valence-corrected chi connectivity index (χ4v) is 3.17. The number of likely N-dealkylation sites (N-methyl/N-ethyl adjacent to an activating group) is 1. The van der Waals surface area contributed by atoms with E-state index in [0.29, 0.717) is 19.7 Å². The van der Waals surface area contributed by atoms with Gasteiger partial charge in [-0.05, 0) is 25.8 Å². The fourth-order valence-electron chi connectivity index (χ4n) is 2.54. The van der Waals surface area contributed by atoms with Crippen LogP contribution in [0.2, 0.25) is 0 Å². The van der Waals surface area contributed by atoms with Gasteiger partial charge in [0.05, 0.1) is 12.7 Å². The average Bonchev–Trinajstić information content (AvgIpc) is 3.10. The van der Waals surface area contributed by atoms with Crippen LogP contribution in [0.25, 0.3) is 0 Å². The Labute approximate surface area is 121 Å². The first kappa shape index (κ1) is 15.7. The van der Waals surface area contributed by atoms with Gasteiger partial charge in [0.15, 0.2) is 9.84 Å². The van der Waals surface area contributed by atoms with Crippen molar-refractivity contribution in [1.82, 2.24) is 9.80 Å². The van der Waals surface area contributed by atoms with Crippen LogP contribution in [0.5, 0.6) is 0 Å². The summed E-state index contributed by atoms with van der Waals surface area (Å²) >= 11 is 0. The van der Waals surface area contributed by atoms with E-state index in [9.17, 15) is 13.2 Å². The van der Waals surface area contributed by atoms with Crippen LogP contribution in [0, 0.1) is 5.92 Å². The number of carbonyl (C=O) groups is 1. The second-order valence-corrected chi connectivity index (χ2v) is 8.21. The lowest BCUT2D eigenvalue weighted by molar-refractivity contribution is -0.136. The maximum Gasteiger partial charge on any atom is 0.237 e. The van der Waals surface area contributed by atoms with Crippen molar-refractivity contribution in [2.24, 2.45) is 5.92 Å². The highest BCUT2D eigenvalue weighted by molar-refractivity contribution is 7.91. The first-order valence-corrected chi connectivity index (χ1v) is 9.15. The van der Waals surface area contributed by atoms with Crippen LogP contribution in [0.1, 0.15) is 12.8 Å². The van der Waals surface area contributed by atoms with E-state index >= 15 is 0 Å². The molecule has 1 saturated carbocycles. The van der Waals surface area contributed by atoms with Gasteiger partial charge in [0.25, 0.3) is 0 Å². The molecule has 2 fully saturated rings. The molecule has 0 aromatic heterocycles. The Morgan fingerprint density at radius 1 is 1.35 bits per heavy atom. The van der Waals surface area contributed by atoms with E-state index < -0.39 is 15.6 Å². The second-order valence-electron chi connectivity index (χ2n) is 6.07. The van der Waals surface area contributed by atoms with Gasteiger partial charge in [-0.3, -0.25) is 4.79 Å². The molecule has 1 amide bonds. The van der Waals surface area contributed by atoms with E-state index in [1.165, 1.54) is 12.8 Å². The molecular weight excluding hydrogens is 280 g/mol. The van der Waals surface area contributed by atoms with E-state index in [1.54, 1.807) is 4.90 Å². The Morgan fingerprint density at radius 2 is 2.05 bits per heavy atom. The minimum Gasteiger partial charge on any atom is -0.373 e. The Hall–Kier alpha value is -0.660. The summed E-state index contributed by atoms with van der Waals surface area (Å²) in [5.41, 5.74) is 0. The van der Waals surface area contributed by atoms with Crippen molar-refractivity contribution < 1.29 is 17.9 Å². The van der Waals surface area contributed by atoms with E-state index in [1.807, 2.05) is 0 Å².